The van der Waals surface area contributed by atoms with Gasteiger partial charge in [-0.05, 0) is 32.6 Å². The van der Waals surface area contributed by atoms with Crippen LogP contribution in [0.4, 0.5) is 0 Å². The van der Waals surface area contributed by atoms with Crippen molar-refractivity contribution >= 4 is 0 Å². The maximum atomic E-state index is 5.97. The van der Waals surface area contributed by atoms with Gasteiger partial charge in [0.15, 0.2) is 0 Å². The van der Waals surface area contributed by atoms with Gasteiger partial charge in [0.05, 0.1) is 12.0 Å². The van der Waals surface area contributed by atoms with E-state index < -0.39 is 0 Å². The maximum Gasteiger partial charge on any atom is 0.0951 e. The fourth-order valence-corrected chi connectivity index (χ4v) is 2.85. The Balaban J connectivity index is 2.12. The summed E-state index contributed by atoms with van der Waals surface area (Å²) in [4.78, 5) is 4.24. The zero-order chi connectivity index (χ0) is 11.5. The number of imidazole rings is 1. The van der Waals surface area contributed by atoms with Crippen LogP contribution in [0.15, 0.2) is 12.5 Å². The molecule has 2 atom stereocenters. The molecule has 0 spiro atoms. The lowest BCUT2D eigenvalue weighted by molar-refractivity contribution is 0.259. The summed E-state index contributed by atoms with van der Waals surface area (Å²) in [5, 5.41) is 0. The van der Waals surface area contributed by atoms with Crippen LogP contribution in [0, 0.1) is 5.92 Å². The highest BCUT2D eigenvalue weighted by Gasteiger charge is 2.23. The molecule has 0 aliphatic heterocycles. The van der Waals surface area contributed by atoms with Crippen molar-refractivity contribution < 1.29 is 0 Å². The molecule has 0 saturated heterocycles. The minimum absolute atomic E-state index is 0.0774. The van der Waals surface area contributed by atoms with E-state index in [1.165, 1.54) is 32.1 Å². The van der Waals surface area contributed by atoms with Crippen LogP contribution in [-0.2, 0) is 0 Å². The summed E-state index contributed by atoms with van der Waals surface area (Å²) in [5.74, 6) is 0.806. The van der Waals surface area contributed by atoms with Crippen LogP contribution in [0.5, 0.6) is 0 Å². The molecule has 1 aromatic rings. The molecule has 0 aromatic carbocycles. The monoisotopic (exact) mass is 221 g/mol. The molecule has 0 bridgehead atoms. The predicted octanol–water partition coefficient (Wildman–Crippen LogP) is 3.04. The minimum Gasteiger partial charge on any atom is -0.330 e. The zero-order valence-corrected chi connectivity index (χ0v) is 10.4. The lowest BCUT2D eigenvalue weighted by Gasteiger charge is -2.30. The van der Waals surface area contributed by atoms with Crippen LogP contribution >= 0.6 is 0 Å². The number of aromatic nitrogens is 2. The topological polar surface area (TPSA) is 43.8 Å². The molecule has 1 unspecified atom stereocenters. The van der Waals surface area contributed by atoms with Gasteiger partial charge in [-0.15, -0.1) is 0 Å². The maximum absolute atomic E-state index is 5.97. The van der Waals surface area contributed by atoms with Gasteiger partial charge in [-0.3, -0.25) is 0 Å². The van der Waals surface area contributed by atoms with Crippen LogP contribution in [0.3, 0.4) is 0 Å². The van der Waals surface area contributed by atoms with E-state index in [4.69, 9.17) is 5.73 Å². The van der Waals surface area contributed by atoms with E-state index in [1.807, 2.05) is 19.4 Å². The number of nitrogens with two attached hydrogens (primary N) is 1. The van der Waals surface area contributed by atoms with Crippen molar-refractivity contribution in [1.82, 2.24) is 9.55 Å². The molecule has 3 nitrogen and oxygen atoms in total. The molecule has 2 N–H and O–H groups in total. The molecule has 1 aliphatic carbocycles. The molecule has 1 saturated carbocycles. The van der Waals surface area contributed by atoms with Crippen molar-refractivity contribution in [1.29, 1.82) is 0 Å². The van der Waals surface area contributed by atoms with Crippen molar-refractivity contribution in [3.63, 3.8) is 0 Å². The van der Waals surface area contributed by atoms with E-state index in [0.29, 0.717) is 6.04 Å². The molecule has 1 aliphatic rings. The number of rotatable bonds is 3. The van der Waals surface area contributed by atoms with E-state index in [9.17, 15) is 0 Å². The van der Waals surface area contributed by atoms with Gasteiger partial charge in [0.25, 0.3) is 0 Å². The number of nitrogens with zero attached hydrogens (tertiary/aromatic N) is 2. The highest BCUT2D eigenvalue weighted by molar-refractivity contribution is 5.05. The Kier molecular flexibility index (Phi) is 3.64. The molecule has 0 amide bonds. The summed E-state index contributed by atoms with van der Waals surface area (Å²) in [5.41, 5.74) is 7.13. The quantitative estimate of drug-likeness (QED) is 0.852. The van der Waals surface area contributed by atoms with Gasteiger partial charge >= 0.3 is 0 Å². The first kappa shape index (κ1) is 11.6. The summed E-state index contributed by atoms with van der Waals surface area (Å²) in [7, 11) is 0. The zero-order valence-electron chi connectivity index (χ0n) is 10.4. The second-order valence-corrected chi connectivity index (χ2v) is 5.15. The summed E-state index contributed by atoms with van der Waals surface area (Å²) < 4.78 is 2.28. The Hall–Kier alpha value is -0.830. The van der Waals surface area contributed by atoms with Gasteiger partial charge in [0.2, 0.25) is 0 Å². The Morgan fingerprint density at radius 2 is 2.00 bits per heavy atom. The van der Waals surface area contributed by atoms with Crippen LogP contribution in [0.25, 0.3) is 0 Å². The molecule has 1 heterocycles. The Bertz CT molecular complexity index is 324. The summed E-state index contributed by atoms with van der Waals surface area (Å²) in [6, 6.07) is 0.623. The lowest BCUT2D eigenvalue weighted by Crippen LogP contribution is -2.22. The van der Waals surface area contributed by atoms with Crippen LogP contribution in [0.2, 0.25) is 0 Å². The second kappa shape index (κ2) is 5.00. The van der Waals surface area contributed by atoms with Crippen molar-refractivity contribution in [2.24, 2.45) is 11.7 Å². The van der Waals surface area contributed by atoms with E-state index >= 15 is 0 Å². The Morgan fingerprint density at radius 1 is 1.31 bits per heavy atom. The largest absolute Gasteiger partial charge is 0.330 e. The standard InChI is InChI=1S/C13H23N3/c1-10(14)13-8-15-9-16(13)11(2)12-6-4-3-5-7-12/h8-12H,3-7,14H2,1-2H3/t10-,11?/m1/s1. The summed E-state index contributed by atoms with van der Waals surface area (Å²) in [6.07, 6.45) is 10.7. The Morgan fingerprint density at radius 3 is 2.62 bits per heavy atom. The molecule has 90 valence electrons. The molecular weight excluding hydrogens is 198 g/mol. The smallest absolute Gasteiger partial charge is 0.0951 e. The first-order chi connectivity index (χ1) is 7.70. The van der Waals surface area contributed by atoms with Gasteiger partial charge in [0, 0.05) is 18.3 Å². The van der Waals surface area contributed by atoms with Crippen LogP contribution < -0.4 is 5.73 Å². The van der Waals surface area contributed by atoms with Crippen molar-refractivity contribution in [3.8, 4) is 0 Å². The average molecular weight is 221 g/mol. The number of hydrogen-bond donors (Lipinski definition) is 1. The molecule has 16 heavy (non-hydrogen) atoms. The molecule has 0 radical (unpaired) electrons. The van der Waals surface area contributed by atoms with Crippen molar-refractivity contribution in [2.75, 3.05) is 0 Å². The highest BCUT2D eigenvalue weighted by Crippen LogP contribution is 2.33. The van der Waals surface area contributed by atoms with E-state index in [2.05, 4.69) is 16.5 Å². The van der Waals surface area contributed by atoms with Gasteiger partial charge in [-0.25, -0.2) is 4.98 Å². The minimum atomic E-state index is 0.0774. The fourth-order valence-electron chi connectivity index (χ4n) is 2.85. The summed E-state index contributed by atoms with van der Waals surface area (Å²) >= 11 is 0. The van der Waals surface area contributed by atoms with Crippen LogP contribution in [-0.4, -0.2) is 9.55 Å². The normalized spacial score (nSPS) is 21.9. The molecule has 1 aromatic heterocycles. The highest BCUT2D eigenvalue weighted by atomic mass is 15.1. The van der Waals surface area contributed by atoms with Crippen molar-refractivity contribution in [2.45, 2.75) is 58.0 Å². The van der Waals surface area contributed by atoms with Crippen LogP contribution in [0.1, 0.15) is 63.7 Å². The second-order valence-electron chi connectivity index (χ2n) is 5.15. The van der Waals surface area contributed by atoms with Gasteiger partial charge in [0.1, 0.15) is 0 Å². The third kappa shape index (κ3) is 2.29. The predicted molar refractivity (Wildman–Crippen MR) is 66.1 cm³/mol. The molecule has 1 fully saturated rings. The van der Waals surface area contributed by atoms with E-state index in [1.54, 1.807) is 0 Å². The van der Waals surface area contributed by atoms with Crippen molar-refractivity contribution in [3.05, 3.63) is 18.2 Å². The Labute approximate surface area is 98.1 Å². The average Bonchev–Trinajstić information content (AvgIpc) is 2.78. The van der Waals surface area contributed by atoms with Gasteiger partial charge in [-0.2, -0.15) is 0 Å². The van der Waals surface area contributed by atoms with E-state index in [0.717, 1.165) is 11.6 Å². The van der Waals surface area contributed by atoms with Gasteiger partial charge < -0.3 is 10.3 Å². The third-order valence-corrected chi connectivity index (χ3v) is 3.93. The lowest BCUT2D eigenvalue weighted by atomic mass is 9.84. The fraction of sp³-hybridized carbons (Fsp3) is 0.769. The third-order valence-electron chi connectivity index (χ3n) is 3.93. The molecule has 2 rings (SSSR count). The first-order valence-corrected chi connectivity index (χ1v) is 6.47. The summed E-state index contributed by atoms with van der Waals surface area (Å²) in [6.45, 7) is 4.34. The number of hydrogen-bond acceptors (Lipinski definition) is 2. The SMILES string of the molecule is CC(C1CCCCC1)n1cncc1[C@@H](C)N. The molecular formula is C13H23N3. The molecule has 3 heteroatoms. The first-order valence-electron chi connectivity index (χ1n) is 6.47. The van der Waals surface area contributed by atoms with Gasteiger partial charge in [-0.1, -0.05) is 19.3 Å². The van der Waals surface area contributed by atoms with E-state index in [-0.39, 0.29) is 6.04 Å².